The third-order valence-corrected chi connectivity index (χ3v) is 5.93. The number of anilines is 1. The summed E-state index contributed by atoms with van der Waals surface area (Å²) in [6, 6.07) is 14.0. The molecular weight excluding hydrogens is 410 g/mol. The summed E-state index contributed by atoms with van der Waals surface area (Å²) in [5.41, 5.74) is 10.4. The van der Waals surface area contributed by atoms with Crippen molar-refractivity contribution in [2.75, 3.05) is 5.73 Å². The van der Waals surface area contributed by atoms with Crippen LogP contribution in [0, 0.1) is 6.92 Å². The Balaban J connectivity index is 1.62. The van der Waals surface area contributed by atoms with E-state index < -0.39 is 0 Å². The van der Waals surface area contributed by atoms with Gasteiger partial charge in [0, 0.05) is 22.4 Å². The Labute approximate surface area is 181 Å². The maximum absolute atomic E-state index is 13.3. The van der Waals surface area contributed by atoms with Crippen LogP contribution in [0.15, 0.2) is 65.3 Å². The molecule has 0 aliphatic carbocycles. The Morgan fingerprint density at radius 1 is 1.10 bits per heavy atom. The second kappa shape index (κ2) is 7.77. The molecule has 0 bridgehead atoms. The van der Waals surface area contributed by atoms with Gasteiger partial charge in [-0.2, -0.15) is 5.10 Å². The van der Waals surface area contributed by atoms with Crippen LogP contribution in [0.1, 0.15) is 16.0 Å². The van der Waals surface area contributed by atoms with E-state index in [1.165, 1.54) is 11.0 Å². The molecule has 31 heavy (non-hydrogen) atoms. The van der Waals surface area contributed by atoms with E-state index in [9.17, 15) is 4.79 Å². The lowest BCUT2D eigenvalue weighted by atomic mass is 10.1. The highest BCUT2D eigenvalue weighted by Crippen LogP contribution is 2.20. The monoisotopic (exact) mass is 429 g/mol. The summed E-state index contributed by atoms with van der Waals surface area (Å²) in [7, 11) is 0. The van der Waals surface area contributed by atoms with Crippen LogP contribution in [-0.2, 0) is 13.1 Å². The lowest BCUT2D eigenvalue weighted by Crippen LogP contribution is -2.29. The zero-order valence-electron chi connectivity index (χ0n) is 16.8. The first-order valence-electron chi connectivity index (χ1n) is 9.70. The molecule has 0 aliphatic heterocycles. The number of benzene rings is 1. The smallest absolute Gasteiger partial charge is 0.272 e. The fourth-order valence-electron chi connectivity index (χ4n) is 3.43. The van der Waals surface area contributed by atoms with E-state index in [1.807, 2.05) is 54.8 Å². The summed E-state index contributed by atoms with van der Waals surface area (Å²) in [4.78, 5) is 26.9. The van der Waals surface area contributed by atoms with E-state index in [2.05, 4.69) is 20.1 Å². The molecule has 0 atom stereocenters. The molecule has 5 rings (SSSR count). The minimum Gasteiger partial charge on any atom is -0.382 e. The van der Waals surface area contributed by atoms with Crippen LogP contribution in [0.5, 0.6) is 0 Å². The van der Waals surface area contributed by atoms with Crippen LogP contribution in [0.25, 0.3) is 22.4 Å². The Bertz CT molecular complexity index is 1420. The van der Waals surface area contributed by atoms with E-state index in [4.69, 9.17) is 5.73 Å². The fourth-order valence-corrected chi connectivity index (χ4v) is 4.16. The van der Waals surface area contributed by atoms with E-state index in [-0.39, 0.29) is 12.2 Å². The van der Waals surface area contributed by atoms with Gasteiger partial charge in [0.15, 0.2) is 11.5 Å². The zero-order valence-corrected chi connectivity index (χ0v) is 17.6. The average Bonchev–Trinajstić information content (AvgIpc) is 3.42. The number of aromatic nitrogens is 6. The maximum atomic E-state index is 13.3. The van der Waals surface area contributed by atoms with Crippen molar-refractivity contribution in [2.24, 2.45) is 0 Å². The van der Waals surface area contributed by atoms with Gasteiger partial charge < -0.3 is 5.73 Å². The zero-order chi connectivity index (χ0) is 21.4. The molecule has 0 amide bonds. The quantitative estimate of drug-likeness (QED) is 0.460. The minimum absolute atomic E-state index is 0.145. The standard InChI is InChI=1S/C22H19N7OS/c1-14-4-6-15(7-5-14)18-10-16(9-17-3-2-8-31-17)22(30)29(27-18)13-28-12-26-19-20(23)24-11-25-21(19)28/h2-8,10-12H,9,13H2,1H3,(H2,23,24,25). The van der Waals surface area contributed by atoms with E-state index in [0.29, 0.717) is 29.0 Å². The predicted octanol–water partition coefficient (Wildman–Crippen LogP) is 3.10. The van der Waals surface area contributed by atoms with Crippen LogP contribution >= 0.6 is 11.3 Å². The summed E-state index contributed by atoms with van der Waals surface area (Å²) < 4.78 is 3.20. The summed E-state index contributed by atoms with van der Waals surface area (Å²) in [6.07, 6.45) is 3.54. The second-order valence-corrected chi connectivity index (χ2v) is 8.30. The van der Waals surface area contributed by atoms with Crippen molar-refractivity contribution in [3.05, 3.63) is 86.9 Å². The molecule has 0 radical (unpaired) electrons. The molecule has 0 saturated carbocycles. The van der Waals surface area contributed by atoms with E-state index in [0.717, 1.165) is 21.7 Å². The lowest BCUT2D eigenvalue weighted by Gasteiger charge is -2.12. The van der Waals surface area contributed by atoms with Crippen molar-refractivity contribution in [2.45, 2.75) is 20.0 Å². The van der Waals surface area contributed by atoms with Crippen LogP contribution in [0.2, 0.25) is 0 Å². The van der Waals surface area contributed by atoms with E-state index in [1.54, 1.807) is 22.2 Å². The van der Waals surface area contributed by atoms with Gasteiger partial charge >= 0.3 is 0 Å². The fraction of sp³-hybridized carbons (Fsp3) is 0.136. The number of thiophene rings is 1. The van der Waals surface area contributed by atoms with Gasteiger partial charge in [-0.25, -0.2) is 19.6 Å². The molecule has 0 fully saturated rings. The van der Waals surface area contributed by atoms with Gasteiger partial charge in [-0.3, -0.25) is 9.36 Å². The Hall–Kier alpha value is -3.85. The van der Waals surface area contributed by atoms with Crippen molar-refractivity contribution in [3.8, 4) is 11.3 Å². The number of fused-ring (bicyclic) bond motifs is 1. The normalized spacial score (nSPS) is 11.3. The second-order valence-electron chi connectivity index (χ2n) is 7.27. The van der Waals surface area contributed by atoms with Crippen molar-refractivity contribution < 1.29 is 0 Å². The van der Waals surface area contributed by atoms with Crippen molar-refractivity contribution >= 4 is 28.3 Å². The van der Waals surface area contributed by atoms with E-state index >= 15 is 0 Å². The molecule has 9 heteroatoms. The summed E-state index contributed by atoms with van der Waals surface area (Å²) in [5.74, 6) is 0.302. The first kappa shape index (κ1) is 19.1. The first-order chi connectivity index (χ1) is 15.1. The lowest BCUT2D eigenvalue weighted by molar-refractivity contribution is 0.526. The summed E-state index contributed by atoms with van der Waals surface area (Å²) in [6.45, 7) is 2.21. The number of hydrogen-bond donors (Lipinski definition) is 1. The summed E-state index contributed by atoms with van der Waals surface area (Å²) >= 11 is 1.63. The van der Waals surface area contributed by atoms with Gasteiger partial charge in [-0.05, 0) is 24.4 Å². The molecule has 154 valence electrons. The molecule has 0 unspecified atom stereocenters. The number of imidazole rings is 1. The van der Waals surface area contributed by atoms with Crippen molar-refractivity contribution in [3.63, 3.8) is 0 Å². The van der Waals surface area contributed by atoms with Gasteiger partial charge in [0.25, 0.3) is 5.56 Å². The maximum Gasteiger partial charge on any atom is 0.272 e. The number of hydrogen-bond acceptors (Lipinski definition) is 7. The molecule has 4 heterocycles. The highest BCUT2D eigenvalue weighted by molar-refractivity contribution is 7.09. The number of nitrogens with zero attached hydrogens (tertiary/aromatic N) is 6. The summed E-state index contributed by atoms with van der Waals surface area (Å²) in [5, 5.41) is 6.66. The molecule has 8 nitrogen and oxygen atoms in total. The Kier molecular flexibility index (Phi) is 4.79. The van der Waals surface area contributed by atoms with Gasteiger partial charge in [0.2, 0.25) is 0 Å². The van der Waals surface area contributed by atoms with Crippen LogP contribution in [0.4, 0.5) is 5.82 Å². The van der Waals surface area contributed by atoms with Crippen molar-refractivity contribution in [1.82, 2.24) is 29.3 Å². The van der Waals surface area contributed by atoms with Crippen LogP contribution in [0.3, 0.4) is 0 Å². The number of aryl methyl sites for hydroxylation is 1. The molecule has 0 aliphatic rings. The molecule has 0 saturated heterocycles. The molecular formula is C22H19N7OS. The highest BCUT2D eigenvalue weighted by Gasteiger charge is 2.14. The van der Waals surface area contributed by atoms with Crippen molar-refractivity contribution in [1.29, 1.82) is 0 Å². The number of rotatable bonds is 5. The number of nitrogen functional groups attached to an aromatic ring is 1. The van der Waals surface area contributed by atoms with Crippen LogP contribution in [-0.4, -0.2) is 29.3 Å². The highest BCUT2D eigenvalue weighted by atomic mass is 32.1. The minimum atomic E-state index is -0.145. The Morgan fingerprint density at radius 2 is 1.94 bits per heavy atom. The first-order valence-corrected chi connectivity index (χ1v) is 10.6. The third kappa shape index (κ3) is 3.71. The average molecular weight is 430 g/mol. The SMILES string of the molecule is Cc1ccc(-c2cc(Cc3cccs3)c(=O)n(Cn3cnc4c(N)ncnc43)n2)cc1. The van der Waals surface area contributed by atoms with Crippen LogP contribution < -0.4 is 11.3 Å². The van der Waals surface area contributed by atoms with Gasteiger partial charge in [0.05, 0.1) is 12.0 Å². The molecule has 2 N–H and O–H groups in total. The van der Waals surface area contributed by atoms with Gasteiger partial charge in [-0.1, -0.05) is 35.9 Å². The topological polar surface area (TPSA) is 105 Å². The molecule has 1 aromatic carbocycles. The molecule has 0 spiro atoms. The van der Waals surface area contributed by atoms with Gasteiger partial charge in [-0.15, -0.1) is 11.3 Å². The largest absolute Gasteiger partial charge is 0.382 e. The molecule has 4 aromatic heterocycles. The van der Waals surface area contributed by atoms with Gasteiger partial charge in [0.1, 0.15) is 18.5 Å². The predicted molar refractivity (Wildman–Crippen MR) is 121 cm³/mol. The third-order valence-electron chi connectivity index (χ3n) is 5.06. The number of nitrogens with two attached hydrogens (primary N) is 1. The molecule has 5 aromatic rings. The Morgan fingerprint density at radius 3 is 2.71 bits per heavy atom.